The highest BCUT2D eigenvalue weighted by atomic mass is 16.5. The molecule has 1 saturated heterocycles. The molecule has 20 heavy (non-hydrogen) atoms. The second kappa shape index (κ2) is 6.06. The van der Waals surface area contributed by atoms with Crippen LogP contribution in [0, 0.1) is 6.92 Å². The van der Waals surface area contributed by atoms with E-state index >= 15 is 0 Å². The first kappa shape index (κ1) is 13.8. The third-order valence-corrected chi connectivity index (χ3v) is 4.40. The molecule has 1 N–H and O–H groups in total. The molecule has 110 valence electrons. The quantitative estimate of drug-likeness (QED) is 0.907. The summed E-state index contributed by atoms with van der Waals surface area (Å²) in [4.78, 5) is 11.9. The standard InChI is InChI=1S/C15H23N3O2/c1-11-2-7-15(19)18(17-11)14-5-3-12(4-6-14)16-13-8-9-20-10-13/h2,7,12-14,16H,3-6,8-10H2,1H3. The van der Waals surface area contributed by atoms with Crippen molar-refractivity contribution >= 4 is 0 Å². The zero-order chi connectivity index (χ0) is 13.9. The maximum Gasteiger partial charge on any atom is 0.267 e. The van der Waals surface area contributed by atoms with E-state index in [9.17, 15) is 4.79 Å². The lowest BCUT2D eigenvalue weighted by atomic mass is 9.90. The monoisotopic (exact) mass is 277 g/mol. The van der Waals surface area contributed by atoms with Gasteiger partial charge in [-0.3, -0.25) is 4.79 Å². The maximum atomic E-state index is 11.9. The molecule has 0 radical (unpaired) electrons. The fourth-order valence-electron chi connectivity index (χ4n) is 3.27. The fourth-order valence-corrected chi connectivity index (χ4v) is 3.27. The van der Waals surface area contributed by atoms with Gasteiger partial charge in [0.2, 0.25) is 0 Å². The van der Waals surface area contributed by atoms with Crippen LogP contribution in [0.1, 0.15) is 43.8 Å². The summed E-state index contributed by atoms with van der Waals surface area (Å²) in [6, 6.07) is 4.77. The molecule has 1 saturated carbocycles. The Kier molecular flexibility index (Phi) is 4.17. The van der Waals surface area contributed by atoms with Crippen molar-refractivity contribution in [2.24, 2.45) is 0 Å². The second-order valence-electron chi connectivity index (χ2n) is 5.99. The molecular weight excluding hydrogens is 254 g/mol. The third-order valence-electron chi connectivity index (χ3n) is 4.40. The van der Waals surface area contributed by atoms with Crippen molar-refractivity contribution in [2.75, 3.05) is 13.2 Å². The highest BCUT2D eigenvalue weighted by Crippen LogP contribution is 2.27. The molecule has 3 rings (SSSR count). The summed E-state index contributed by atoms with van der Waals surface area (Å²) in [6.45, 7) is 3.66. The maximum absolute atomic E-state index is 11.9. The van der Waals surface area contributed by atoms with Crippen LogP contribution in [0.4, 0.5) is 0 Å². The molecule has 0 amide bonds. The number of hydrogen-bond acceptors (Lipinski definition) is 4. The number of aryl methyl sites for hydroxylation is 1. The number of aromatic nitrogens is 2. The van der Waals surface area contributed by atoms with Gasteiger partial charge in [-0.15, -0.1) is 0 Å². The lowest BCUT2D eigenvalue weighted by Crippen LogP contribution is -2.42. The van der Waals surface area contributed by atoms with Crippen molar-refractivity contribution in [3.05, 3.63) is 28.2 Å². The van der Waals surface area contributed by atoms with E-state index in [1.165, 1.54) is 0 Å². The van der Waals surface area contributed by atoms with Gasteiger partial charge in [0.05, 0.1) is 18.3 Å². The summed E-state index contributed by atoms with van der Waals surface area (Å²) in [5.41, 5.74) is 0.934. The Hall–Kier alpha value is -1.20. The Balaban J connectivity index is 1.57. The molecule has 1 atom stereocenters. The topological polar surface area (TPSA) is 56.2 Å². The highest BCUT2D eigenvalue weighted by molar-refractivity contribution is 4.98. The van der Waals surface area contributed by atoms with Crippen LogP contribution in [0.3, 0.4) is 0 Å². The van der Waals surface area contributed by atoms with E-state index in [1.807, 2.05) is 6.92 Å². The third kappa shape index (κ3) is 3.10. The van der Waals surface area contributed by atoms with Gasteiger partial charge in [0.25, 0.3) is 5.56 Å². The Labute approximate surface area is 119 Å². The molecule has 1 unspecified atom stereocenters. The van der Waals surface area contributed by atoms with Crippen LogP contribution < -0.4 is 10.9 Å². The minimum absolute atomic E-state index is 0.0243. The van der Waals surface area contributed by atoms with Crippen molar-refractivity contribution in [2.45, 2.75) is 57.2 Å². The molecule has 1 aliphatic carbocycles. The van der Waals surface area contributed by atoms with E-state index in [0.29, 0.717) is 12.1 Å². The molecule has 2 aliphatic rings. The van der Waals surface area contributed by atoms with Gasteiger partial charge in [0.15, 0.2) is 0 Å². The van der Waals surface area contributed by atoms with E-state index in [2.05, 4.69) is 10.4 Å². The van der Waals surface area contributed by atoms with Crippen LogP contribution in [-0.2, 0) is 4.74 Å². The van der Waals surface area contributed by atoms with Crippen LogP contribution in [-0.4, -0.2) is 35.1 Å². The smallest absolute Gasteiger partial charge is 0.267 e. The van der Waals surface area contributed by atoms with Gasteiger partial charge >= 0.3 is 0 Å². The van der Waals surface area contributed by atoms with Gasteiger partial charge in [-0.05, 0) is 45.1 Å². The zero-order valence-electron chi connectivity index (χ0n) is 12.0. The van der Waals surface area contributed by atoms with E-state index in [0.717, 1.165) is 51.0 Å². The molecule has 0 spiro atoms. The number of rotatable bonds is 3. The molecule has 1 aromatic heterocycles. The van der Waals surface area contributed by atoms with E-state index in [4.69, 9.17) is 4.74 Å². The van der Waals surface area contributed by atoms with E-state index < -0.39 is 0 Å². The van der Waals surface area contributed by atoms with Crippen molar-refractivity contribution in [1.82, 2.24) is 15.1 Å². The first-order valence-corrected chi connectivity index (χ1v) is 7.62. The number of nitrogens with one attached hydrogen (secondary N) is 1. The molecule has 5 nitrogen and oxygen atoms in total. The first-order valence-electron chi connectivity index (χ1n) is 7.62. The minimum Gasteiger partial charge on any atom is -0.380 e. The fraction of sp³-hybridized carbons (Fsp3) is 0.733. The Morgan fingerprint density at radius 1 is 1.20 bits per heavy atom. The van der Waals surface area contributed by atoms with Crippen molar-refractivity contribution in [3.8, 4) is 0 Å². The Morgan fingerprint density at radius 3 is 2.70 bits per heavy atom. The van der Waals surface area contributed by atoms with Gasteiger partial charge < -0.3 is 10.1 Å². The van der Waals surface area contributed by atoms with Gasteiger partial charge in [0, 0.05) is 24.8 Å². The molecule has 2 fully saturated rings. The molecule has 5 heteroatoms. The molecule has 1 aromatic rings. The SMILES string of the molecule is Cc1ccc(=O)n(C2CCC(NC3CCOC3)CC2)n1. The number of hydrogen-bond donors (Lipinski definition) is 1. The van der Waals surface area contributed by atoms with Crippen LogP contribution in [0.15, 0.2) is 16.9 Å². The molecule has 1 aliphatic heterocycles. The molecule has 2 heterocycles. The van der Waals surface area contributed by atoms with Crippen molar-refractivity contribution in [1.29, 1.82) is 0 Å². The summed E-state index contributed by atoms with van der Waals surface area (Å²) in [7, 11) is 0. The zero-order valence-corrected chi connectivity index (χ0v) is 12.0. The normalized spacial score (nSPS) is 30.6. The summed E-state index contributed by atoms with van der Waals surface area (Å²) >= 11 is 0. The predicted octanol–water partition coefficient (Wildman–Crippen LogP) is 1.41. The number of nitrogens with zero attached hydrogens (tertiary/aromatic N) is 2. The summed E-state index contributed by atoms with van der Waals surface area (Å²) in [5.74, 6) is 0. The van der Waals surface area contributed by atoms with Gasteiger partial charge in [-0.1, -0.05) is 0 Å². The van der Waals surface area contributed by atoms with Gasteiger partial charge in [-0.2, -0.15) is 5.10 Å². The average molecular weight is 277 g/mol. The summed E-state index contributed by atoms with van der Waals surface area (Å²) in [6.07, 6.45) is 5.41. The highest BCUT2D eigenvalue weighted by Gasteiger charge is 2.26. The average Bonchev–Trinajstić information content (AvgIpc) is 2.95. The van der Waals surface area contributed by atoms with Crippen molar-refractivity contribution in [3.63, 3.8) is 0 Å². The molecule has 0 aromatic carbocycles. The van der Waals surface area contributed by atoms with Gasteiger partial charge in [0.1, 0.15) is 0 Å². The van der Waals surface area contributed by atoms with E-state index in [1.54, 1.807) is 16.8 Å². The van der Waals surface area contributed by atoms with E-state index in [-0.39, 0.29) is 11.6 Å². The summed E-state index contributed by atoms with van der Waals surface area (Å²) < 4.78 is 7.08. The lowest BCUT2D eigenvalue weighted by molar-refractivity contribution is 0.183. The Bertz CT molecular complexity index is 500. The summed E-state index contributed by atoms with van der Waals surface area (Å²) in [5, 5.41) is 8.07. The van der Waals surface area contributed by atoms with Crippen LogP contribution in [0.2, 0.25) is 0 Å². The largest absolute Gasteiger partial charge is 0.380 e. The van der Waals surface area contributed by atoms with Crippen LogP contribution in [0.25, 0.3) is 0 Å². The minimum atomic E-state index is 0.0243. The van der Waals surface area contributed by atoms with Gasteiger partial charge in [-0.25, -0.2) is 4.68 Å². The second-order valence-corrected chi connectivity index (χ2v) is 5.99. The lowest BCUT2D eigenvalue weighted by Gasteiger charge is -2.31. The van der Waals surface area contributed by atoms with Crippen molar-refractivity contribution < 1.29 is 4.74 Å². The molecular formula is C15H23N3O2. The number of ether oxygens (including phenoxy) is 1. The predicted molar refractivity (Wildman–Crippen MR) is 76.9 cm³/mol. The molecule has 0 bridgehead atoms. The first-order chi connectivity index (χ1) is 9.72. The van der Waals surface area contributed by atoms with Crippen LogP contribution >= 0.6 is 0 Å². The van der Waals surface area contributed by atoms with Crippen LogP contribution in [0.5, 0.6) is 0 Å². The Morgan fingerprint density at radius 2 is 2.00 bits per heavy atom.